The van der Waals surface area contributed by atoms with Crippen LogP contribution in [0, 0.1) is 5.92 Å². The summed E-state index contributed by atoms with van der Waals surface area (Å²) in [7, 11) is 0. The molecule has 2 aromatic carbocycles. The van der Waals surface area contributed by atoms with Crippen LogP contribution in [0.2, 0.25) is 0 Å². The monoisotopic (exact) mass is 363 g/mol. The van der Waals surface area contributed by atoms with Crippen molar-refractivity contribution >= 4 is 11.6 Å². The van der Waals surface area contributed by atoms with E-state index in [1.807, 2.05) is 48.5 Å². The van der Waals surface area contributed by atoms with E-state index in [0.29, 0.717) is 42.9 Å². The maximum absolute atomic E-state index is 13.1. The molecule has 1 atom stereocenters. The third-order valence-corrected chi connectivity index (χ3v) is 4.86. The van der Waals surface area contributed by atoms with Crippen LogP contribution in [0.4, 0.5) is 0 Å². The van der Waals surface area contributed by atoms with Crippen molar-refractivity contribution in [3.05, 3.63) is 83.9 Å². The molecule has 0 bridgehead atoms. The van der Waals surface area contributed by atoms with Gasteiger partial charge >= 0.3 is 0 Å². The van der Waals surface area contributed by atoms with Crippen molar-refractivity contribution in [2.45, 2.75) is 6.42 Å². The molecule has 140 valence electrons. The molecule has 2 aromatic rings. The van der Waals surface area contributed by atoms with Crippen molar-refractivity contribution in [2.75, 3.05) is 32.8 Å². The quantitative estimate of drug-likeness (QED) is 0.531. The Labute approximate surface area is 160 Å². The smallest absolute Gasteiger partial charge is 0.188 e. The van der Waals surface area contributed by atoms with Gasteiger partial charge in [-0.3, -0.25) is 14.5 Å². The van der Waals surface area contributed by atoms with Crippen molar-refractivity contribution in [1.82, 2.24) is 4.90 Å². The molecule has 4 nitrogen and oxygen atoms in total. The van der Waals surface area contributed by atoms with Gasteiger partial charge in [-0.05, 0) is 12.0 Å². The van der Waals surface area contributed by atoms with Gasteiger partial charge in [0.2, 0.25) is 0 Å². The molecule has 1 heterocycles. The lowest BCUT2D eigenvalue weighted by Crippen LogP contribution is -2.41. The zero-order chi connectivity index (χ0) is 19.1. The van der Waals surface area contributed by atoms with Crippen LogP contribution in [0.15, 0.2) is 72.8 Å². The zero-order valence-electron chi connectivity index (χ0n) is 15.5. The molecule has 3 rings (SSSR count). The molecule has 1 fully saturated rings. The Morgan fingerprint density at radius 3 is 2.07 bits per heavy atom. The summed E-state index contributed by atoms with van der Waals surface area (Å²) in [4.78, 5) is 28.0. The first-order chi connectivity index (χ1) is 13.1. The van der Waals surface area contributed by atoms with E-state index in [2.05, 4.69) is 11.5 Å². The number of ether oxygens (including phenoxy) is 1. The Balaban J connectivity index is 1.75. The average Bonchev–Trinajstić information content (AvgIpc) is 2.74. The summed E-state index contributed by atoms with van der Waals surface area (Å²) in [5.41, 5.74) is 1.76. The number of Topliss-reactive ketones (excluding diaryl/α,β-unsaturated/α-hetero) is 2. The lowest BCUT2D eigenvalue weighted by atomic mass is 9.88. The standard InChI is InChI=1S/C23H25NO3/c1-18(22(25)19-8-4-2-5-9-19)16-21(17-24-12-14-27-15-13-24)23(26)20-10-6-3-7-11-20/h2-11,21H,1,12-17H2. The van der Waals surface area contributed by atoms with E-state index in [1.165, 1.54) is 0 Å². The highest BCUT2D eigenvalue weighted by Gasteiger charge is 2.26. The van der Waals surface area contributed by atoms with Crippen molar-refractivity contribution in [2.24, 2.45) is 5.92 Å². The lowest BCUT2D eigenvalue weighted by molar-refractivity contribution is 0.0301. The SMILES string of the molecule is C=C(CC(CN1CCOCC1)C(=O)c1ccccc1)C(=O)c1ccccc1. The van der Waals surface area contributed by atoms with Gasteiger partial charge in [-0.2, -0.15) is 0 Å². The van der Waals surface area contributed by atoms with Gasteiger partial charge in [0, 0.05) is 36.7 Å². The minimum atomic E-state index is -0.300. The van der Waals surface area contributed by atoms with Crippen LogP contribution in [0.5, 0.6) is 0 Å². The predicted octanol–water partition coefficient (Wildman–Crippen LogP) is 3.65. The second-order valence-electron chi connectivity index (χ2n) is 6.84. The summed E-state index contributed by atoms with van der Waals surface area (Å²) in [5, 5.41) is 0. The molecular weight excluding hydrogens is 338 g/mol. The number of ketones is 2. The highest BCUT2D eigenvalue weighted by atomic mass is 16.5. The molecule has 1 saturated heterocycles. The number of hydrogen-bond donors (Lipinski definition) is 0. The third kappa shape index (κ3) is 5.22. The molecule has 27 heavy (non-hydrogen) atoms. The van der Waals surface area contributed by atoms with Gasteiger partial charge < -0.3 is 4.74 Å². The van der Waals surface area contributed by atoms with Crippen LogP contribution in [0.1, 0.15) is 27.1 Å². The van der Waals surface area contributed by atoms with Crippen molar-refractivity contribution in [1.29, 1.82) is 0 Å². The van der Waals surface area contributed by atoms with Gasteiger partial charge in [-0.1, -0.05) is 67.2 Å². The third-order valence-electron chi connectivity index (χ3n) is 4.86. The largest absolute Gasteiger partial charge is 0.379 e. The fraction of sp³-hybridized carbons (Fsp3) is 0.304. The summed E-state index contributed by atoms with van der Waals surface area (Å²) in [6, 6.07) is 18.4. The van der Waals surface area contributed by atoms with E-state index in [4.69, 9.17) is 4.74 Å². The number of carbonyl (C=O) groups is 2. The molecule has 0 N–H and O–H groups in total. The minimum Gasteiger partial charge on any atom is -0.379 e. The molecule has 0 saturated carbocycles. The van der Waals surface area contributed by atoms with Gasteiger partial charge in [0.05, 0.1) is 13.2 Å². The van der Waals surface area contributed by atoms with E-state index in [0.717, 1.165) is 13.1 Å². The van der Waals surface area contributed by atoms with Crippen LogP contribution in [-0.4, -0.2) is 49.3 Å². The molecule has 0 spiro atoms. The summed E-state index contributed by atoms with van der Waals surface area (Å²) in [5.74, 6) is -0.335. The second kappa shape index (κ2) is 9.40. The number of morpholine rings is 1. The van der Waals surface area contributed by atoms with E-state index >= 15 is 0 Å². The molecule has 0 aliphatic carbocycles. The number of nitrogens with zero attached hydrogens (tertiary/aromatic N) is 1. The summed E-state index contributed by atoms with van der Waals surface area (Å²) >= 11 is 0. The second-order valence-corrected chi connectivity index (χ2v) is 6.84. The van der Waals surface area contributed by atoms with Crippen LogP contribution < -0.4 is 0 Å². The van der Waals surface area contributed by atoms with Crippen LogP contribution in [0.25, 0.3) is 0 Å². The Morgan fingerprint density at radius 2 is 1.48 bits per heavy atom. The first kappa shape index (κ1) is 19.2. The normalized spacial score (nSPS) is 15.9. The molecule has 0 radical (unpaired) electrons. The summed E-state index contributed by atoms with van der Waals surface area (Å²) in [6.45, 7) is 7.56. The van der Waals surface area contributed by atoms with E-state index < -0.39 is 0 Å². The molecule has 1 unspecified atom stereocenters. The molecule has 1 aliphatic rings. The van der Waals surface area contributed by atoms with E-state index in [-0.39, 0.29) is 17.5 Å². The highest BCUT2D eigenvalue weighted by molar-refractivity contribution is 6.09. The number of benzene rings is 2. The Hall–Kier alpha value is -2.56. The van der Waals surface area contributed by atoms with Crippen LogP contribution >= 0.6 is 0 Å². The average molecular weight is 363 g/mol. The zero-order valence-corrected chi connectivity index (χ0v) is 15.5. The Morgan fingerprint density at radius 1 is 0.926 bits per heavy atom. The lowest BCUT2D eigenvalue weighted by Gasteiger charge is -2.30. The van der Waals surface area contributed by atoms with E-state index in [1.54, 1.807) is 12.1 Å². The fourth-order valence-corrected chi connectivity index (χ4v) is 3.36. The van der Waals surface area contributed by atoms with Crippen LogP contribution in [-0.2, 0) is 4.74 Å². The van der Waals surface area contributed by atoms with Gasteiger partial charge in [0.1, 0.15) is 0 Å². The molecule has 0 aromatic heterocycles. The van der Waals surface area contributed by atoms with Gasteiger partial charge in [0.25, 0.3) is 0 Å². The van der Waals surface area contributed by atoms with Crippen molar-refractivity contribution in [3.63, 3.8) is 0 Å². The topological polar surface area (TPSA) is 46.6 Å². The number of carbonyl (C=O) groups excluding carboxylic acids is 2. The predicted molar refractivity (Wildman–Crippen MR) is 106 cm³/mol. The van der Waals surface area contributed by atoms with Gasteiger partial charge in [-0.15, -0.1) is 0 Å². The fourth-order valence-electron chi connectivity index (χ4n) is 3.36. The van der Waals surface area contributed by atoms with Crippen LogP contribution in [0.3, 0.4) is 0 Å². The Kier molecular flexibility index (Phi) is 6.69. The number of rotatable bonds is 8. The molecule has 0 amide bonds. The van der Waals surface area contributed by atoms with Gasteiger partial charge in [0.15, 0.2) is 11.6 Å². The highest BCUT2D eigenvalue weighted by Crippen LogP contribution is 2.21. The first-order valence-corrected chi connectivity index (χ1v) is 9.32. The first-order valence-electron chi connectivity index (χ1n) is 9.32. The minimum absolute atomic E-state index is 0.0594. The van der Waals surface area contributed by atoms with Crippen molar-refractivity contribution in [3.8, 4) is 0 Å². The summed E-state index contributed by atoms with van der Waals surface area (Å²) < 4.78 is 5.41. The molecular formula is C23H25NO3. The van der Waals surface area contributed by atoms with E-state index in [9.17, 15) is 9.59 Å². The maximum Gasteiger partial charge on any atom is 0.188 e. The summed E-state index contributed by atoms with van der Waals surface area (Å²) in [6.07, 6.45) is 0.360. The molecule has 4 heteroatoms. The maximum atomic E-state index is 13.1. The van der Waals surface area contributed by atoms with Crippen molar-refractivity contribution < 1.29 is 14.3 Å². The van der Waals surface area contributed by atoms with Gasteiger partial charge in [-0.25, -0.2) is 0 Å². The number of allylic oxidation sites excluding steroid dienone is 1. The molecule has 1 aliphatic heterocycles. The Bertz CT molecular complexity index is 780. The number of hydrogen-bond acceptors (Lipinski definition) is 4.